The van der Waals surface area contributed by atoms with Crippen LogP contribution in [0.15, 0.2) is 12.4 Å². The highest BCUT2D eigenvalue weighted by Gasteiger charge is 1.73. The topological polar surface area (TPSA) is 31.9 Å². The summed E-state index contributed by atoms with van der Waals surface area (Å²) in [6.07, 6.45) is 3.53. The molecular formula is C7H15N3. The van der Waals surface area contributed by atoms with E-state index in [0.29, 0.717) is 0 Å². The summed E-state index contributed by atoms with van der Waals surface area (Å²) in [5.74, 6) is 0.968. The van der Waals surface area contributed by atoms with Gasteiger partial charge in [-0.2, -0.15) is 0 Å². The second kappa shape index (κ2) is 4.99. The van der Waals surface area contributed by atoms with E-state index in [-0.39, 0.29) is 0 Å². The van der Waals surface area contributed by atoms with E-state index in [0.717, 1.165) is 5.82 Å². The lowest BCUT2D eigenvalue weighted by Gasteiger charge is -1.90. The molecule has 0 aliphatic carbocycles. The summed E-state index contributed by atoms with van der Waals surface area (Å²) in [6, 6.07) is 0. The number of aryl methyl sites for hydroxylation is 1. The van der Waals surface area contributed by atoms with Crippen LogP contribution in [0.4, 0.5) is 0 Å². The van der Waals surface area contributed by atoms with E-state index in [1.807, 2.05) is 33.0 Å². The molecule has 3 heteroatoms. The third kappa shape index (κ3) is 7.17. The number of hydrogen-bond donors (Lipinski definition) is 1. The van der Waals surface area contributed by atoms with Gasteiger partial charge in [0.2, 0.25) is 0 Å². The Morgan fingerprint density at radius 3 is 2.00 bits per heavy atom. The molecule has 0 saturated carbocycles. The number of aromatic amines is 1. The summed E-state index contributed by atoms with van der Waals surface area (Å²) >= 11 is 0. The minimum absolute atomic E-state index is 0.968. The van der Waals surface area contributed by atoms with Crippen LogP contribution in [-0.2, 0) is 0 Å². The van der Waals surface area contributed by atoms with Crippen molar-refractivity contribution in [1.29, 1.82) is 0 Å². The third-order valence-electron chi connectivity index (χ3n) is 0.635. The first-order valence-electron chi connectivity index (χ1n) is 3.20. The second-order valence-corrected chi connectivity index (χ2v) is 2.52. The van der Waals surface area contributed by atoms with Crippen molar-refractivity contribution < 1.29 is 0 Å². The number of rotatable bonds is 0. The largest absolute Gasteiger partial charge is 0.349 e. The molecule has 0 aromatic carbocycles. The van der Waals surface area contributed by atoms with Crippen molar-refractivity contribution in [3.8, 4) is 0 Å². The number of H-pyrrole nitrogens is 1. The molecule has 0 amide bonds. The second-order valence-electron chi connectivity index (χ2n) is 2.52. The van der Waals surface area contributed by atoms with Gasteiger partial charge in [-0.05, 0) is 28.1 Å². The number of nitrogens with one attached hydrogen (secondary N) is 1. The summed E-state index contributed by atoms with van der Waals surface area (Å²) in [5.41, 5.74) is 0. The van der Waals surface area contributed by atoms with Gasteiger partial charge in [0.25, 0.3) is 0 Å². The van der Waals surface area contributed by atoms with E-state index in [1.165, 1.54) is 0 Å². The van der Waals surface area contributed by atoms with Gasteiger partial charge in [-0.1, -0.05) is 0 Å². The maximum atomic E-state index is 3.86. The molecule has 0 unspecified atom stereocenters. The number of nitrogens with zero attached hydrogens (tertiary/aromatic N) is 2. The van der Waals surface area contributed by atoms with Gasteiger partial charge in [-0.3, -0.25) is 0 Å². The van der Waals surface area contributed by atoms with E-state index in [9.17, 15) is 0 Å². The van der Waals surface area contributed by atoms with Crippen LogP contribution in [0.2, 0.25) is 0 Å². The van der Waals surface area contributed by atoms with E-state index in [4.69, 9.17) is 0 Å². The SMILES string of the molecule is CN(C)C.Cc1ncc[nH]1. The molecule has 0 fully saturated rings. The number of imidazole rings is 1. The van der Waals surface area contributed by atoms with Crippen molar-refractivity contribution in [2.75, 3.05) is 21.1 Å². The van der Waals surface area contributed by atoms with E-state index >= 15 is 0 Å². The van der Waals surface area contributed by atoms with E-state index in [1.54, 1.807) is 12.4 Å². The summed E-state index contributed by atoms with van der Waals surface area (Å²) < 4.78 is 0. The lowest BCUT2D eigenvalue weighted by atomic mass is 10.8. The summed E-state index contributed by atoms with van der Waals surface area (Å²) in [5, 5.41) is 0. The predicted octanol–water partition coefficient (Wildman–Crippen LogP) is 0.896. The average molecular weight is 141 g/mol. The Balaban J connectivity index is 0.000000180. The Hall–Kier alpha value is -0.830. The average Bonchev–Trinajstić information content (AvgIpc) is 2.15. The van der Waals surface area contributed by atoms with Crippen molar-refractivity contribution >= 4 is 0 Å². The minimum Gasteiger partial charge on any atom is -0.349 e. The van der Waals surface area contributed by atoms with Crippen LogP contribution in [0.1, 0.15) is 5.82 Å². The quantitative estimate of drug-likeness (QED) is 0.582. The molecule has 1 rings (SSSR count). The fourth-order valence-corrected chi connectivity index (χ4v) is 0.344. The van der Waals surface area contributed by atoms with Crippen LogP contribution in [0.5, 0.6) is 0 Å². The van der Waals surface area contributed by atoms with Gasteiger partial charge in [-0.25, -0.2) is 4.98 Å². The highest BCUT2D eigenvalue weighted by Crippen LogP contribution is 1.78. The van der Waals surface area contributed by atoms with E-state index < -0.39 is 0 Å². The van der Waals surface area contributed by atoms with Crippen molar-refractivity contribution in [1.82, 2.24) is 14.9 Å². The van der Waals surface area contributed by atoms with Gasteiger partial charge < -0.3 is 9.88 Å². The van der Waals surface area contributed by atoms with Crippen LogP contribution in [0.3, 0.4) is 0 Å². The molecule has 0 atom stereocenters. The Labute approximate surface area is 62.1 Å². The smallest absolute Gasteiger partial charge is 0.102 e. The zero-order valence-corrected chi connectivity index (χ0v) is 7.05. The number of hydrogen-bond acceptors (Lipinski definition) is 2. The number of aromatic nitrogens is 2. The molecule has 1 N–H and O–H groups in total. The molecule has 0 spiro atoms. The molecule has 10 heavy (non-hydrogen) atoms. The lowest BCUT2D eigenvalue weighted by molar-refractivity contribution is 0.505. The standard InChI is InChI=1S/C4H6N2.C3H9N/c1-4-5-2-3-6-4;1-4(2)3/h2-3H,1H3,(H,5,6);1-3H3. The fraction of sp³-hybridized carbons (Fsp3) is 0.571. The molecule has 0 bridgehead atoms. The Morgan fingerprint density at radius 1 is 1.40 bits per heavy atom. The van der Waals surface area contributed by atoms with Crippen LogP contribution in [-0.4, -0.2) is 36.0 Å². The van der Waals surface area contributed by atoms with Gasteiger partial charge in [0, 0.05) is 12.4 Å². The monoisotopic (exact) mass is 141 g/mol. The molecule has 0 aliphatic heterocycles. The molecular weight excluding hydrogens is 126 g/mol. The molecule has 58 valence electrons. The fourth-order valence-electron chi connectivity index (χ4n) is 0.344. The molecule has 1 aromatic heterocycles. The summed E-state index contributed by atoms with van der Waals surface area (Å²) in [7, 11) is 6.00. The van der Waals surface area contributed by atoms with Gasteiger partial charge in [0.15, 0.2) is 0 Å². The first-order valence-corrected chi connectivity index (χ1v) is 3.20. The van der Waals surface area contributed by atoms with Crippen LogP contribution in [0.25, 0.3) is 0 Å². The first-order chi connectivity index (χ1) is 4.63. The molecule has 3 nitrogen and oxygen atoms in total. The summed E-state index contributed by atoms with van der Waals surface area (Å²) in [6.45, 7) is 1.92. The van der Waals surface area contributed by atoms with Crippen molar-refractivity contribution in [3.63, 3.8) is 0 Å². The summed E-state index contributed by atoms with van der Waals surface area (Å²) in [4.78, 5) is 8.75. The normalized spacial score (nSPS) is 8.90. The predicted molar refractivity (Wildman–Crippen MR) is 42.9 cm³/mol. The first kappa shape index (κ1) is 9.17. The molecule has 1 aromatic rings. The Kier molecular flexibility index (Phi) is 4.58. The molecule has 0 radical (unpaired) electrons. The van der Waals surface area contributed by atoms with Gasteiger partial charge >= 0.3 is 0 Å². The van der Waals surface area contributed by atoms with Crippen LogP contribution < -0.4 is 0 Å². The Bertz CT molecular complexity index is 141. The van der Waals surface area contributed by atoms with E-state index in [2.05, 4.69) is 9.97 Å². The van der Waals surface area contributed by atoms with Crippen molar-refractivity contribution in [2.24, 2.45) is 0 Å². The van der Waals surface area contributed by atoms with Crippen molar-refractivity contribution in [3.05, 3.63) is 18.2 Å². The van der Waals surface area contributed by atoms with Gasteiger partial charge in [-0.15, -0.1) is 0 Å². The highest BCUT2D eigenvalue weighted by molar-refractivity contribution is 4.80. The van der Waals surface area contributed by atoms with Crippen LogP contribution in [0, 0.1) is 6.92 Å². The zero-order valence-electron chi connectivity index (χ0n) is 7.05. The van der Waals surface area contributed by atoms with Gasteiger partial charge in [0.1, 0.15) is 5.82 Å². The maximum absolute atomic E-state index is 3.86. The minimum atomic E-state index is 0.968. The lowest BCUT2D eigenvalue weighted by Crippen LogP contribution is -1.99. The van der Waals surface area contributed by atoms with Gasteiger partial charge in [0.05, 0.1) is 0 Å². The van der Waals surface area contributed by atoms with Crippen LogP contribution >= 0.6 is 0 Å². The zero-order chi connectivity index (χ0) is 7.98. The molecule has 1 heterocycles. The molecule has 0 saturated heterocycles. The highest BCUT2D eigenvalue weighted by atomic mass is 15.0. The van der Waals surface area contributed by atoms with Crippen molar-refractivity contribution in [2.45, 2.75) is 6.92 Å². The molecule has 0 aliphatic rings. The maximum Gasteiger partial charge on any atom is 0.102 e. The third-order valence-corrected chi connectivity index (χ3v) is 0.635. The Morgan fingerprint density at radius 2 is 1.90 bits per heavy atom.